The fourth-order valence-corrected chi connectivity index (χ4v) is 8.36. The van der Waals surface area contributed by atoms with Gasteiger partial charge in [0.25, 0.3) is 0 Å². The first-order valence-electron chi connectivity index (χ1n) is 18.0. The fourth-order valence-electron chi connectivity index (χ4n) is 7.72. The summed E-state index contributed by atoms with van der Waals surface area (Å²) < 4.78 is 0. The van der Waals surface area contributed by atoms with Crippen molar-refractivity contribution in [3.8, 4) is 0 Å². The molecule has 7 rings (SSSR count). The van der Waals surface area contributed by atoms with Crippen LogP contribution in [0.3, 0.4) is 0 Å². The van der Waals surface area contributed by atoms with Crippen LogP contribution in [0, 0.1) is 12.3 Å². The van der Waals surface area contributed by atoms with Gasteiger partial charge in [-0.2, -0.15) is 0 Å². The van der Waals surface area contributed by atoms with E-state index in [2.05, 4.69) is 57.3 Å². The van der Waals surface area contributed by atoms with E-state index in [0.717, 1.165) is 114 Å². The predicted octanol–water partition coefficient (Wildman–Crippen LogP) is 4.06. The topological polar surface area (TPSA) is 147 Å². The SMILES string of the molecule is Cc1nc(Nc2ncc(C=O)s2)cc(N2CCN(CCCC(=O)N3CCC4(CC3)CCN(c3ccc(N5CCC(=O)NC5=O)cc3)CC4)CC2)n1. The molecule has 2 N–H and O–H groups in total. The van der Waals surface area contributed by atoms with E-state index in [9.17, 15) is 19.2 Å². The standard InChI is InChI=1S/C36H46N10O4S/c1-26-38-30(40-34-37-24-29(25-47)51-34)23-31(39-26)44-21-19-42(20-22-44)13-2-3-33(49)45-17-11-36(12-18-45)9-15-43(16-10-36)27-4-6-28(7-5-27)46-14-8-32(48)41-35(46)50/h4-7,23-25H,2-3,8-22H2,1H3,(H,41,48,50)(H,37,38,39,40). The number of nitrogens with one attached hydrogen (secondary N) is 2. The van der Waals surface area contributed by atoms with Gasteiger partial charge in [-0.1, -0.05) is 11.3 Å². The molecule has 2 aromatic heterocycles. The minimum Gasteiger partial charge on any atom is -0.371 e. The molecule has 1 aromatic carbocycles. The second kappa shape index (κ2) is 15.3. The third kappa shape index (κ3) is 8.30. The summed E-state index contributed by atoms with van der Waals surface area (Å²) in [5.41, 5.74) is 2.27. The highest BCUT2D eigenvalue weighted by molar-refractivity contribution is 7.17. The summed E-state index contributed by atoms with van der Waals surface area (Å²) in [5.74, 6) is 2.27. The molecule has 4 amide bonds. The van der Waals surface area contributed by atoms with E-state index < -0.39 is 0 Å². The third-order valence-corrected chi connectivity index (χ3v) is 11.7. The number of piperazine rings is 1. The number of nitrogens with zero attached hydrogens (tertiary/aromatic N) is 8. The van der Waals surface area contributed by atoms with Crippen molar-refractivity contribution in [1.82, 2.24) is 30.1 Å². The van der Waals surface area contributed by atoms with Crippen LogP contribution in [0.1, 0.15) is 60.4 Å². The van der Waals surface area contributed by atoms with E-state index in [1.807, 2.05) is 25.1 Å². The Kier molecular flexibility index (Phi) is 10.5. The first-order chi connectivity index (χ1) is 24.8. The van der Waals surface area contributed by atoms with Crippen molar-refractivity contribution in [2.45, 2.75) is 51.9 Å². The predicted molar refractivity (Wildman–Crippen MR) is 197 cm³/mol. The molecule has 0 radical (unpaired) electrons. The lowest BCUT2D eigenvalue weighted by molar-refractivity contribution is -0.134. The van der Waals surface area contributed by atoms with Crippen LogP contribution in [0.25, 0.3) is 0 Å². The zero-order valence-electron chi connectivity index (χ0n) is 29.2. The molecule has 1 spiro atoms. The summed E-state index contributed by atoms with van der Waals surface area (Å²) >= 11 is 1.29. The van der Waals surface area contributed by atoms with Crippen molar-refractivity contribution >= 4 is 63.6 Å². The van der Waals surface area contributed by atoms with Gasteiger partial charge in [-0.15, -0.1) is 0 Å². The Balaban J connectivity index is 0.803. The molecular formula is C36H46N10O4S. The smallest absolute Gasteiger partial charge is 0.328 e. The van der Waals surface area contributed by atoms with Crippen LogP contribution < -0.4 is 25.3 Å². The molecule has 6 heterocycles. The number of aldehydes is 1. The molecular weight excluding hydrogens is 669 g/mol. The molecule has 4 saturated heterocycles. The zero-order valence-corrected chi connectivity index (χ0v) is 30.0. The molecule has 51 heavy (non-hydrogen) atoms. The summed E-state index contributed by atoms with van der Waals surface area (Å²) in [6.07, 6.45) is 8.50. The van der Waals surface area contributed by atoms with E-state index >= 15 is 0 Å². The van der Waals surface area contributed by atoms with Gasteiger partial charge in [-0.25, -0.2) is 19.7 Å². The minimum absolute atomic E-state index is 0.225. The van der Waals surface area contributed by atoms with Gasteiger partial charge in [0.1, 0.15) is 17.5 Å². The fraction of sp³-hybridized carbons (Fsp3) is 0.528. The Bertz CT molecular complexity index is 1720. The highest BCUT2D eigenvalue weighted by Gasteiger charge is 2.38. The zero-order chi connectivity index (χ0) is 35.4. The van der Waals surface area contributed by atoms with E-state index in [0.29, 0.717) is 46.5 Å². The maximum atomic E-state index is 13.2. The van der Waals surface area contributed by atoms with Gasteiger partial charge in [0.05, 0.1) is 11.1 Å². The molecule has 14 nitrogen and oxygen atoms in total. The average Bonchev–Trinajstić information content (AvgIpc) is 3.60. The minimum atomic E-state index is -0.359. The largest absolute Gasteiger partial charge is 0.371 e. The van der Waals surface area contributed by atoms with Crippen molar-refractivity contribution in [1.29, 1.82) is 0 Å². The monoisotopic (exact) mass is 714 g/mol. The number of anilines is 5. The molecule has 4 fully saturated rings. The Morgan fingerprint density at radius 3 is 2.31 bits per heavy atom. The van der Waals surface area contributed by atoms with Crippen LogP contribution in [0.4, 0.5) is 32.9 Å². The number of amides is 4. The number of imide groups is 1. The summed E-state index contributed by atoms with van der Waals surface area (Å²) in [6, 6.07) is 9.65. The number of hydrogen-bond acceptors (Lipinski definition) is 12. The maximum Gasteiger partial charge on any atom is 0.328 e. The molecule has 15 heteroatoms. The second-order valence-corrected chi connectivity index (χ2v) is 15.1. The van der Waals surface area contributed by atoms with Gasteiger partial charge >= 0.3 is 6.03 Å². The Hall–Kier alpha value is -4.63. The number of urea groups is 1. The summed E-state index contributed by atoms with van der Waals surface area (Å²) in [4.78, 5) is 72.7. The molecule has 3 aromatic rings. The molecule has 0 unspecified atom stereocenters. The quantitative estimate of drug-likeness (QED) is 0.293. The molecule has 270 valence electrons. The number of piperidine rings is 2. The number of rotatable bonds is 10. The van der Waals surface area contributed by atoms with Crippen molar-refractivity contribution in [3.05, 3.63) is 47.2 Å². The molecule has 4 aliphatic rings. The van der Waals surface area contributed by atoms with E-state index in [1.165, 1.54) is 11.3 Å². The summed E-state index contributed by atoms with van der Waals surface area (Å²) in [6.45, 7) is 10.4. The number of carbonyl (C=O) groups is 4. The lowest BCUT2D eigenvalue weighted by atomic mass is 9.71. The number of hydrogen-bond donors (Lipinski definition) is 2. The number of thiazole rings is 1. The molecule has 0 aliphatic carbocycles. The highest BCUT2D eigenvalue weighted by Crippen LogP contribution is 2.42. The Morgan fingerprint density at radius 1 is 0.922 bits per heavy atom. The van der Waals surface area contributed by atoms with Crippen molar-refractivity contribution < 1.29 is 19.2 Å². The van der Waals surface area contributed by atoms with Gasteiger partial charge in [-0.05, 0) is 75.3 Å². The van der Waals surface area contributed by atoms with Crippen LogP contribution in [-0.2, 0) is 9.59 Å². The van der Waals surface area contributed by atoms with Crippen LogP contribution in [-0.4, -0.2) is 114 Å². The first kappa shape index (κ1) is 34.8. The first-order valence-corrected chi connectivity index (χ1v) is 18.8. The molecule has 0 atom stereocenters. The molecule has 4 aliphatic heterocycles. The van der Waals surface area contributed by atoms with Gasteiger partial charge in [0.15, 0.2) is 11.4 Å². The van der Waals surface area contributed by atoms with E-state index in [-0.39, 0.29) is 17.8 Å². The van der Waals surface area contributed by atoms with Crippen LogP contribution in [0.5, 0.6) is 0 Å². The van der Waals surface area contributed by atoms with E-state index in [1.54, 1.807) is 11.1 Å². The lowest BCUT2D eigenvalue weighted by Gasteiger charge is -2.47. The van der Waals surface area contributed by atoms with Crippen LogP contribution >= 0.6 is 11.3 Å². The lowest BCUT2D eigenvalue weighted by Crippen LogP contribution is -2.49. The number of benzene rings is 1. The third-order valence-electron chi connectivity index (χ3n) is 10.8. The Morgan fingerprint density at radius 2 is 1.63 bits per heavy atom. The number of aromatic nitrogens is 3. The molecule has 0 saturated carbocycles. The number of likely N-dealkylation sites (tertiary alicyclic amines) is 1. The van der Waals surface area contributed by atoms with Crippen molar-refractivity contribution in [3.63, 3.8) is 0 Å². The average molecular weight is 715 g/mol. The van der Waals surface area contributed by atoms with Crippen molar-refractivity contribution in [2.75, 3.05) is 85.5 Å². The number of carbonyl (C=O) groups excluding carboxylic acids is 4. The van der Waals surface area contributed by atoms with Crippen LogP contribution in [0.15, 0.2) is 36.5 Å². The van der Waals surface area contributed by atoms with Crippen LogP contribution in [0.2, 0.25) is 0 Å². The summed E-state index contributed by atoms with van der Waals surface area (Å²) in [7, 11) is 0. The van der Waals surface area contributed by atoms with Crippen molar-refractivity contribution in [2.24, 2.45) is 5.41 Å². The maximum absolute atomic E-state index is 13.2. The van der Waals surface area contributed by atoms with Gasteiger partial charge < -0.3 is 20.0 Å². The Labute approximate surface area is 302 Å². The molecule has 0 bridgehead atoms. The van der Waals surface area contributed by atoms with Gasteiger partial charge in [0.2, 0.25) is 11.8 Å². The normalized spacial score (nSPS) is 19.7. The number of aryl methyl sites for hydroxylation is 1. The van der Waals surface area contributed by atoms with E-state index in [4.69, 9.17) is 0 Å². The van der Waals surface area contributed by atoms with Gasteiger partial charge in [0, 0.05) is 89.2 Å². The summed E-state index contributed by atoms with van der Waals surface area (Å²) in [5, 5.41) is 6.20. The second-order valence-electron chi connectivity index (χ2n) is 14.0. The highest BCUT2D eigenvalue weighted by atomic mass is 32.1. The van der Waals surface area contributed by atoms with Gasteiger partial charge in [-0.3, -0.25) is 29.5 Å².